The number of H-pyrrole nitrogens is 1. The van der Waals surface area contributed by atoms with Gasteiger partial charge in [0.25, 0.3) is 0 Å². The first kappa shape index (κ1) is 23.7. The van der Waals surface area contributed by atoms with Crippen LogP contribution in [-0.2, 0) is 0 Å². The Morgan fingerprint density at radius 3 is 2.56 bits per heavy atom. The molecular formula is C21H24ClF3N6O. The molecule has 0 saturated heterocycles. The third kappa shape index (κ3) is 5.25. The Bertz CT molecular complexity index is 1160. The third-order valence-corrected chi connectivity index (χ3v) is 4.97. The molecule has 0 atom stereocenters. The monoisotopic (exact) mass is 468 g/mol. The molecule has 4 N–H and O–H groups in total. The zero-order valence-corrected chi connectivity index (χ0v) is 18.8. The highest BCUT2D eigenvalue weighted by molar-refractivity contribution is 6.31. The summed E-state index contributed by atoms with van der Waals surface area (Å²) in [5, 5.41) is 18.4. The van der Waals surface area contributed by atoms with Crippen LogP contribution >= 0.6 is 11.6 Å². The molecule has 172 valence electrons. The van der Waals surface area contributed by atoms with Crippen molar-refractivity contribution >= 4 is 40.1 Å². The zero-order chi connectivity index (χ0) is 23.6. The van der Waals surface area contributed by atoms with Crippen LogP contribution in [0.2, 0.25) is 5.02 Å². The van der Waals surface area contributed by atoms with Crippen molar-refractivity contribution in [2.75, 3.05) is 37.8 Å². The number of fused-ring (bicyclic) bond motifs is 1. The molecule has 32 heavy (non-hydrogen) atoms. The van der Waals surface area contributed by atoms with Crippen molar-refractivity contribution in [2.24, 2.45) is 10.6 Å². The van der Waals surface area contributed by atoms with Crippen LogP contribution in [0.25, 0.3) is 11.0 Å². The van der Waals surface area contributed by atoms with Gasteiger partial charge in [-0.25, -0.2) is 18.2 Å². The highest BCUT2D eigenvalue weighted by atomic mass is 35.5. The molecule has 0 fully saturated rings. The van der Waals surface area contributed by atoms with Gasteiger partial charge in [0.1, 0.15) is 11.3 Å². The van der Waals surface area contributed by atoms with E-state index in [0.29, 0.717) is 6.54 Å². The van der Waals surface area contributed by atoms with Crippen LogP contribution in [0.15, 0.2) is 29.4 Å². The van der Waals surface area contributed by atoms with Gasteiger partial charge in [-0.15, -0.1) is 0 Å². The number of aromatic nitrogens is 2. The standard InChI is InChI=1S/C21H24ClF3N6O/c1-21(2,10-31(3)4)9-26-20-28-17-12(8-15(24)16(25)18(17)29-20)19(30-32)27-11-5-6-14(23)13(22)7-11/h5-8,32H,9-10H2,1-4H3,(H,27,30)(H2,26,28,29). The van der Waals surface area contributed by atoms with Gasteiger partial charge in [0.15, 0.2) is 17.5 Å². The van der Waals surface area contributed by atoms with Crippen LogP contribution in [-0.4, -0.2) is 53.1 Å². The summed E-state index contributed by atoms with van der Waals surface area (Å²) in [4.78, 5) is 9.10. The van der Waals surface area contributed by atoms with E-state index >= 15 is 0 Å². The number of nitrogens with one attached hydrogen (secondary N) is 3. The topological polar surface area (TPSA) is 88.6 Å². The van der Waals surface area contributed by atoms with Gasteiger partial charge in [0, 0.05) is 24.3 Å². The molecule has 0 aliphatic rings. The molecule has 0 saturated carbocycles. The van der Waals surface area contributed by atoms with Crippen molar-refractivity contribution < 1.29 is 18.4 Å². The number of oxime groups is 1. The molecule has 0 unspecified atom stereocenters. The maximum atomic E-state index is 14.5. The smallest absolute Gasteiger partial charge is 0.201 e. The van der Waals surface area contributed by atoms with E-state index in [-0.39, 0.29) is 44.5 Å². The summed E-state index contributed by atoms with van der Waals surface area (Å²) in [7, 11) is 3.93. The second-order valence-electron chi connectivity index (χ2n) is 8.49. The fourth-order valence-electron chi connectivity index (χ4n) is 3.46. The molecule has 0 aliphatic heterocycles. The summed E-state index contributed by atoms with van der Waals surface area (Å²) in [6, 6.07) is 4.62. The van der Waals surface area contributed by atoms with E-state index < -0.39 is 17.5 Å². The predicted octanol–water partition coefficient (Wildman–Crippen LogP) is 4.88. The molecule has 3 rings (SSSR count). The van der Waals surface area contributed by atoms with Crippen LogP contribution in [0.5, 0.6) is 0 Å². The van der Waals surface area contributed by atoms with Crippen LogP contribution in [0.3, 0.4) is 0 Å². The summed E-state index contributed by atoms with van der Waals surface area (Å²) >= 11 is 5.78. The molecule has 2 aromatic carbocycles. The molecule has 0 radical (unpaired) electrons. The van der Waals surface area contributed by atoms with Gasteiger partial charge in [-0.05, 0) is 43.8 Å². The number of amidine groups is 1. The number of hydrogen-bond donors (Lipinski definition) is 4. The quantitative estimate of drug-likeness (QED) is 0.172. The first-order valence-electron chi connectivity index (χ1n) is 9.71. The average Bonchev–Trinajstić information content (AvgIpc) is 3.14. The van der Waals surface area contributed by atoms with Gasteiger partial charge in [0.05, 0.1) is 10.5 Å². The number of halogens is 4. The lowest BCUT2D eigenvalue weighted by Gasteiger charge is -2.28. The summed E-state index contributed by atoms with van der Waals surface area (Å²) in [5.41, 5.74) is 0.0367. The van der Waals surface area contributed by atoms with Gasteiger partial charge in [-0.3, -0.25) is 0 Å². The second kappa shape index (κ2) is 9.25. The predicted molar refractivity (Wildman–Crippen MR) is 120 cm³/mol. The molecule has 0 bridgehead atoms. The van der Waals surface area contributed by atoms with Gasteiger partial charge in [-0.1, -0.05) is 30.6 Å². The van der Waals surface area contributed by atoms with Crippen molar-refractivity contribution in [1.82, 2.24) is 14.9 Å². The molecule has 0 spiro atoms. The Labute approximate surface area is 188 Å². The molecule has 11 heteroatoms. The summed E-state index contributed by atoms with van der Waals surface area (Å²) in [6.45, 7) is 5.42. The summed E-state index contributed by atoms with van der Waals surface area (Å²) < 4.78 is 42.2. The number of rotatable bonds is 7. The minimum absolute atomic E-state index is 0.0231. The van der Waals surface area contributed by atoms with E-state index in [2.05, 4.69) is 39.6 Å². The Hall–Kier alpha value is -2.98. The lowest BCUT2D eigenvalue weighted by atomic mass is 9.93. The molecule has 3 aromatic rings. The first-order valence-corrected chi connectivity index (χ1v) is 10.1. The average molecular weight is 469 g/mol. The van der Waals surface area contributed by atoms with Crippen LogP contribution in [0.4, 0.5) is 24.8 Å². The Balaban J connectivity index is 1.96. The van der Waals surface area contributed by atoms with Crippen LogP contribution in [0.1, 0.15) is 19.4 Å². The normalized spacial score (nSPS) is 12.6. The number of hydrogen-bond acceptors (Lipinski definition) is 5. The van der Waals surface area contributed by atoms with E-state index in [1.165, 1.54) is 12.1 Å². The van der Waals surface area contributed by atoms with Crippen molar-refractivity contribution in [3.63, 3.8) is 0 Å². The van der Waals surface area contributed by atoms with Crippen LogP contribution < -0.4 is 10.6 Å². The molecular weight excluding hydrogens is 445 g/mol. The van der Waals surface area contributed by atoms with E-state index in [1.54, 1.807) is 0 Å². The third-order valence-electron chi connectivity index (χ3n) is 4.68. The molecule has 1 aromatic heterocycles. The molecule has 0 amide bonds. The second-order valence-corrected chi connectivity index (χ2v) is 8.89. The number of aromatic amines is 1. The van der Waals surface area contributed by atoms with Gasteiger partial charge < -0.3 is 25.7 Å². The van der Waals surface area contributed by atoms with Crippen molar-refractivity contribution in [1.29, 1.82) is 0 Å². The Morgan fingerprint density at radius 1 is 1.22 bits per heavy atom. The van der Waals surface area contributed by atoms with Crippen molar-refractivity contribution in [3.05, 3.63) is 52.3 Å². The van der Waals surface area contributed by atoms with E-state index in [4.69, 9.17) is 11.6 Å². The number of benzene rings is 2. The van der Waals surface area contributed by atoms with Crippen molar-refractivity contribution in [2.45, 2.75) is 13.8 Å². The number of imidazole rings is 1. The largest absolute Gasteiger partial charge is 0.409 e. The molecule has 1 heterocycles. The lowest BCUT2D eigenvalue weighted by molar-refractivity contribution is 0.254. The van der Waals surface area contributed by atoms with Gasteiger partial charge in [0.2, 0.25) is 5.95 Å². The highest BCUT2D eigenvalue weighted by Gasteiger charge is 2.23. The fourth-order valence-corrected chi connectivity index (χ4v) is 3.65. The highest BCUT2D eigenvalue weighted by Crippen LogP contribution is 2.27. The maximum absolute atomic E-state index is 14.5. The van der Waals surface area contributed by atoms with E-state index in [0.717, 1.165) is 18.7 Å². The lowest BCUT2D eigenvalue weighted by Crippen LogP contribution is -2.34. The van der Waals surface area contributed by atoms with Crippen LogP contribution in [0, 0.1) is 22.9 Å². The van der Waals surface area contributed by atoms with E-state index in [9.17, 15) is 18.4 Å². The van der Waals surface area contributed by atoms with Gasteiger partial charge in [-0.2, -0.15) is 0 Å². The SMILES string of the molecule is CN(C)CC(C)(C)CNc1nc2c(F)c(F)cc(/C(=N/O)Nc3ccc(F)c(Cl)c3)c2[nH]1. The van der Waals surface area contributed by atoms with Crippen molar-refractivity contribution in [3.8, 4) is 0 Å². The summed E-state index contributed by atoms with van der Waals surface area (Å²) in [6.07, 6.45) is 0. The number of anilines is 2. The molecule has 0 aliphatic carbocycles. The minimum Gasteiger partial charge on any atom is -0.409 e. The fraction of sp³-hybridized carbons (Fsp3) is 0.333. The first-order chi connectivity index (χ1) is 15.0. The Morgan fingerprint density at radius 2 is 1.94 bits per heavy atom. The zero-order valence-electron chi connectivity index (χ0n) is 18.0. The minimum atomic E-state index is -1.17. The van der Waals surface area contributed by atoms with E-state index in [1.807, 2.05) is 19.0 Å². The molecule has 7 nitrogen and oxygen atoms in total. The number of nitrogens with zero attached hydrogens (tertiary/aromatic N) is 3. The Kier molecular flexibility index (Phi) is 6.85. The summed E-state index contributed by atoms with van der Waals surface area (Å²) in [5.74, 6) is -2.91. The maximum Gasteiger partial charge on any atom is 0.201 e. The van der Waals surface area contributed by atoms with Gasteiger partial charge >= 0.3 is 0 Å².